The molecular weight excluding hydrogens is 411 g/mol. The fourth-order valence-corrected chi connectivity index (χ4v) is 3.79. The average molecular weight is 426 g/mol. The minimum absolute atomic E-state index is 0.0253. The number of para-hydroxylation sites is 2. The normalized spacial score (nSPS) is 15.1. The molecule has 1 aromatic heterocycles. The van der Waals surface area contributed by atoms with Crippen molar-refractivity contribution in [1.82, 2.24) is 0 Å². The molecule has 1 aliphatic heterocycles. The lowest BCUT2D eigenvalue weighted by atomic mass is 9.83. The number of hydrogen-bond donors (Lipinski definition) is 1. The Hall–Kier alpha value is -4.57. The van der Waals surface area contributed by atoms with E-state index in [9.17, 15) is 14.4 Å². The van der Waals surface area contributed by atoms with Crippen molar-refractivity contribution in [1.29, 1.82) is 5.26 Å². The molecule has 0 saturated carbocycles. The van der Waals surface area contributed by atoms with Crippen LogP contribution in [0.15, 0.2) is 93.5 Å². The first-order chi connectivity index (χ1) is 15.6. The molecule has 1 aliphatic rings. The number of halogens is 1. The van der Waals surface area contributed by atoms with Gasteiger partial charge in [-0.2, -0.15) is 5.26 Å². The number of hydrogen-bond acceptors (Lipinski definition) is 6. The molecule has 0 spiro atoms. The first-order valence-electron chi connectivity index (χ1n) is 9.72. The molecule has 6 nitrogen and oxygen atoms in total. The fourth-order valence-electron chi connectivity index (χ4n) is 3.79. The van der Waals surface area contributed by atoms with Gasteiger partial charge in [-0.15, -0.1) is 0 Å². The molecule has 32 heavy (non-hydrogen) atoms. The van der Waals surface area contributed by atoms with Gasteiger partial charge < -0.3 is 19.6 Å². The summed E-state index contributed by atoms with van der Waals surface area (Å²) in [5.74, 6) is -1.03. The Labute approximate surface area is 181 Å². The van der Waals surface area contributed by atoms with E-state index in [4.69, 9.17) is 19.6 Å². The van der Waals surface area contributed by atoms with Crippen LogP contribution < -0.4 is 20.8 Å². The minimum atomic E-state index is -0.914. The molecule has 2 heterocycles. The van der Waals surface area contributed by atoms with Gasteiger partial charge >= 0.3 is 5.63 Å². The molecule has 3 aromatic carbocycles. The predicted molar refractivity (Wildman–Crippen MR) is 115 cm³/mol. The van der Waals surface area contributed by atoms with E-state index in [1.807, 2.05) is 12.1 Å². The van der Waals surface area contributed by atoms with Gasteiger partial charge in [0.15, 0.2) is 17.3 Å². The summed E-state index contributed by atoms with van der Waals surface area (Å²) in [5, 5.41) is 10.3. The van der Waals surface area contributed by atoms with Crippen LogP contribution >= 0.6 is 0 Å². The third-order valence-electron chi connectivity index (χ3n) is 5.23. The summed E-state index contributed by atoms with van der Waals surface area (Å²) in [6.07, 6.45) is 0. The van der Waals surface area contributed by atoms with Crippen molar-refractivity contribution in [2.45, 2.75) is 5.92 Å². The first kappa shape index (κ1) is 19.4. The largest absolute Gasteiger partial charge is 0.454 e. The molecule has 4 aromatic rings. The number of allylic oxidation sites excluding steroid dienone is 1. The second-order valence-corrected chi connectivity index (χ2v) is 7.16. The maximum absolute atomic E-state index is 14.5. The summed E-state index contributed by atoms with van der Waals surface area (Å²) in [6, 6.07) is 21.7. The lowest BCUT2D eigenvalue weighted by Gasteiger charge is -2.26. The molecule has 2 N–H and O–H groups in total. The van der Waals surface area contributed by atoms with Crippen molar-refractivity contribution in [2.75, 3.05) is 0 Å². The molecular formula is C25H15FN2O4. The Morgan fingerprint density at radius 1 is 1.03 bits per heavy atom. The van der Waals surface area contributed by atoms with Gasteiger partial charge in [0.2, 0.25) is 5.88 Å². The topological polar surface area (TPSA) is 98.5 Å². The Morgan fingerprint density at radius 2 is 1.78 bits per heavy atom. The second-order valence-electron chi connectivity index (χ2n) is 7.16. The van der Waals surface area contributed by atoms with E-state index in [1.54, 1.807) is 48.5 Å². The van der Waals surface area contributed by atoms with Crippen molar-refractivity contribution in [2.24, 2.45) is 5.73 Å². The van der Waals surface area contributed by atoms with Gasteiger partial charge in [-0.05, 0) is 42.0 Å². The van der Waals surface area contributed by atoms with Crippen molar-refractivity contribution < 1.29 is 18.3 Å². The van der Waals surface area contributed by atoms with E-state index in [2.05, 4.69) is 0 Å². The van der Waals surface area contributed by atoms with Crippen LogP contribution in [0.2, 0.25) is 0 Å². The van der Waals surface area contributed by atoms with Gasteiger partial charge in [0, 0.05) is 0 Å². The molecule has 0 fully saturated rings. The molecule has 0 bridgehead atoms. The van der Waals surface area contributed by atoms with E-state index in [0.717, 1.165) is 0 Å². The molecule has 5 rings (SSSR count). The van der Waals surface area contributed by atoms with Crippen LogP contribution in [0.1, 0.15) is 17.0 Å². The zero-order valence-electron chi connectivity index (χ0n) is 16.5. The number of rotatable bonds is 3. The Bertz CT molecular complexity index is 1490. The number of benzene rings is 3. The highest BCUT2D eigenvalue weighted by molar-refractivity contribution is 5.86. The van der Waals surface area contributed by atoms with Gasteiger partial charge in [-0.3, -0.25) is 0 Å². The van der Waals surface area contributed by atoms with Gasteiger partial charge in [0.05, 0.1) is 16.9 Å². The Kier molecular flexibility index (Phi) is 4.61. The fraction of sp³-hybridized carbons (Fsp3) is 0.0400. The summed E-state index contributed by atoms with van der Waals surface area (Å²) in [7, 11) is 0. The monoisotopic (exact) mass is 426 g/mol. The number of fused-ring (bicyclic) bond motifs is 3. The lowest BCUT2D eigenvalue weighted by molar-refractivity contribution is 0.387. The lowest BCUT2D eigenvalue weighted by Crippen LogP contribution is -2.26. The maximum Gasteiger partial charge on any atom is 0.344 e. The zero-order chi connectivity index (χ0) is 22.2. The van der Waals surface area contributed by atoms with E-state index >= 15 is 0 Å². The summed E-state index contributed by atoms with van der Waals surface area (Å²) < 4.78 is 31.4. The van der Waals surface area contributed by atoms with E-state index in [0.29, 0.717) is 22.3 Å². The predicted octanol–water partition coefficient (Wildman–Crippen LogP) is 4.94. The molecule has 0 radical (unpaired) electrons. The van der Waals surface area contributed by atoms with Gasteiger partial charge in [0.1, 0.15) is 23.0 Å². The van der Waals surface area contributed by atoms with Crippen LogP contribution in [0.3, 0.4) is 0 Å². The van der Waals surface area contributed by atoms with Crippen LogP contribution in [0, 0.1) is 17.1 Å². The third kappa shape index (κ3) is 3.15. The van der Waals surface area contributed by atoms with Gasteiger partial charge in [0.25, 0.3) is 0 Å². The smallest absolute Gasteiger partial charge is 0.344 e. The SMILES string of the molecule is N#CC1=C(N)Oc2c(c(=O)oc3ccccc23)[C@@H]1c1ccc(F)c(Oc2ccccc2)c1. The molecule has 0 saturated heterocycles. The summed E-state index contributed by atoms with van der Waals surface area (Å²) >= 11 is 0. The summed E-state index contributed by atoms with van der Waals surface area (Å²) in [6.45, 7) is 0. The van der Waals surface area contributed by atoms with Crippen molar-refractivity contribution in [3.05, 3.63) is 112 Å². The van der Waals surface area contributed by atoms with E-state index in [-0.39, 0.29) is 28.5 Å². The molecule has 1 atom stereocenters. The highest BCUT2D eigenvalue weighted by atomic mass is 19.1. The molecule has 7 heteroatoms. The quantitative estimate of drug-likeness (QED) is 0.466. The molecule has 156 valence electrons. The average Bonchev–Trinajstić information content (AvgIpc) is 2.80. The molecule has 0 amide bonds. The van der Waals surface area contributed by atoms with Crippen LogP contribution in [-0.4, -0.2) is 0 Å². The van der Waals surface area contributed by atoms with Gasteiger partial charge in [-0.1, -0.05) is 36.4 Å². The number of ether oxygens (including phenoxy) is 2. The minimum Gasteiger partial charge on any atom is -0.454 e. The van der Waals surface area contributed by atoms with E-state index in [1.165, 1.54) is 18.2 Å². The Morgan fingerprint density at radius 3 is 2.56 bits per heavy atom. The maximum atomic E-state index is 14.5. The number of nitrogens with zero attached hydrogens (tertiary/aromatic N) is 1. The van der Waals surface area contributed by atoms with Crippen LogP contribution in [0.4, 0.5) is 4.39 Å². The molecule has 0 aliphatic carbocycles. The molecule has 0 unspecified atom stereocenters. The van der Waals surface area contributed by atoms with Crippen molar-refractivity contribution >= 4 is 11.0 Å². The van der Waals surface area contributed by atoms with Crippen molar-refractivity contribution in [3.63, 3.8) is 0 Å². The zero-order valence-corrected chi connectivity index (χ0v) is 16.5. The standard InChI is InChI=1S/C25H15FN2O4/c26-18-11-10-14(12-20(18)30-15-6-2-1-3-7-15)21-17(13-27)24(28)32-23-16-8-4-5-9-19(16)31-25(29)22(21)23/h1-12,21H,28H2/t21-/m1/s1. The first-order valence-corrected chi connectivity index (χ1v) is 9.72. The van der Waals surface area contributed by atoms with Crippen molar-refractivity contribution in [3.8, 4) is 23.3 Å². The van der Waals surface area contributed by atoms with Crippen LogP contribution in [-0.2, 0) is 0 Å². The van der Waals surface area contributed by atoms with Crippen LogP contribution in [0.5, 0.6) is 17.2 Å². The highest BCUT2D eigenvalue weighted by Crippen LogP contribution is 2.44. The summed E-state index contributed by atoms with van der Waals surface area (Å²) in [4.78, 5) is 12.9. The number of nitrogens with two attached hydrogens (primary N) is 1. The van der Waals surface area contributed by atoms with Gasteiger partial charge in [-0.25, -0.2) is 9.18 Å². The number of nitriles is 1. The summed E-state index contributed by atoms with van der Waals surface area (Å²) in [5.41, 5.74) is 6.30. The highest BCUT2D eigenvalue weighted by Gasteiger charge is 2.35. The third-order valence-corrected chi connectivity index (χ3v) is 5.23. The Balaban J connectivity index is 1.72. The van der Waals surface area contributed by atoms with Crippen LogP contribution in [0.25, 0.3) is 11.0 Å². The second kappa shape index (κ2) is 7.60. The van der Waals surface area contributed by atoms with E-state index < -0.39 is 17.4 Å².